The molecule has 1 aliphatic rings. The number of fused-ring (bicyclic) bond motifs is 3. The first-order valence-electron chi connectivity index (χ1n) is 11.7. The van der Waals surface area contributed by atoms with E-state index in [1.54, 1.807) is 67.8 Å². The third-order valence-corrected chi connectivity index (χ3v) is 8.49. The Morgan fingerprint density at radius 3 is 2.46 bits per heavy atom. The highest BCUT2D eigenvalue weighted by molar-refractivity contribution is 7.90. The van der Waals surface area contributed by atoms with Gasteiger partial charge < -0.3 is 19.6 Å². The lowest BCUT2D eigenvalue weighted by molar-refractivity contribution is 0.355. The number of hydrogen-bond donors (Lipinski definition) is 1. The van der Waals surface area contributed by atoms with Crippen molar-refractivity contribution in [2.45, 2.75) is 23.8 Å². The molecule has 2 N–H and O–H groups in total. The number of nitrogens with two attached hydrogens (primary N) is 1. The van der Waals surface area contributed by atoms with Gasteiger partial charge >= 0.3 is 0 Å². The highest BCUT2D eigenvalue weighted by Crippen LogP contribution is 2.40. The highest BCUT2D eigenvalue weighted by atomic mass is 32.2. The molecular formula is C27H24N4O5S. The van der Waals surface area contributed by atoms with Crippen molar-refractivity contribution in [3.8, 4) is 34.5 Å². The molecule has 6 rings (SSSR count). The molecule has 37 heavy (non-hydrogen) atoms. The summed E-state index contributed by atoms with van der Waals surface area (Å²) in [4.78, 5) is 0.158. The molecule has 0 amide bonds. The van der Waals surface area contributed by atoms with E-state index in [1.165, 1.54) is 11.1 Å². The van der Waals surface area contributed by atoms with Gasteiger partial charge in [-0.3, -0.25) is 0 Å². The number of aromatic nitrogens is 3. The standard InChI is InChI=1S/C27H24N4O5S/c1-34-24-13-8-16(14-25(24)35-2)26-29-30-27(36-26)23-15-20-18-9-11-21(28)19(18)10-12-22(20)31(23)37(32,33)17-6-4-3-5-7-17/h3-8,10,12-15,21H,9,11,28H2,1-2H3. The number of benzene rings is 3. The second-order valence-corrected chi connectivity index (χ2v) is 10.6. The first-order chi connectivity index (χ1) is 17.9. The number of ether oxygens (including phenoxy) is 2. The minimum atomic E-state index is -3.99. The van der Waals surface area contributed by atoms with Gasteiger partial charge in [-0.1, -0.05) is 24.3 Å². The topological polar surface area (TPSA) is 122 Å². The van der Waals surface area contributed by atoms with Gasteiger partial charge in [-0.15, -0.1) is 10.2 Å². The Kier molecular flexibility index (Phi) is 5.50. The van der Waals surface area contributed by atoms with Gasteiger partial charge in [-0.2, -0.15) is 0 Å². The molecule has 3 aromatic carbocycles. The van der Waals surface area contributed by atoms with Crippen molar-refractivity contribution in [1.29, 1.82) is 0 Å². The summed E-state index contributed by atoms with van der Waals surface area (Å²) >= 11 is 0. The minimum Gasteiger partial charge on any atom is -0.493 e. The van der Waals surface area contributed by atoms with Crippen LogP contribution in [0.15, 0.2) is 76.0 Å². The molecule has 1 aliphatic carbocycles. The Morgan fingerprint density at radius 1 is 0.946 bits per heavy atom. The maximum Gasteiger partial charge on any atom is 0.268 e. The zero-order chi connectivity index (χ0) is 25.7. The summed E-state index contributed by atoms with van der Waals surface area (Å²) in [6.45, 7) is 0. The minimum absolute atomic E-state index is 0.0722. The van der Waals surface area contributed by atoms with E-state index >= 15 is 0 Å². The van der Waals surface area contributed by atoms with Gasteiger partial charge in [0.2, 0.25) is 5.89 Å². The van der Waals surface area contributed by atoms with Crippen molar-refractivity contribution in [3.05, 3.63) is 77.9 Å². The Morgan fingerprint density at radius 2 is 1.70 bits per heavy atom. The Labute approximate surface area is 213 Å². The van der Waals surface area contributed by atoms with E-state index in [0.29, 0.717) is 22.6 Å². The number of methoxy groups -OCH3 is 2. The van der Waals surface area contributed by atoms with E-state index in [0.717, 1.165) is 29.4 Å². The number of hydrogen-bond acceptors (Lipinski definition) is 8. The van der Waals surface area contributed by atoms with Gasteiger partial charge in [-0.25, -0.2) is 12.4 Å². The van der Waals surface area contributed by atoms with Crippen LogP contribution < -0.4 is 15.2 Å². The van der Waals surface area contributed by atoms with E-state index in [4.69, 9.17) is 19.6 Å². The van der Waals surface area contributed by atoms with Crippen molar-refractivity contribution >= 4 is 20.9 Å². The molecule has 0 bridgehead atoms. The van der Waals surface area contributed by atoms with Crippen LogP contribution in [0.4, 0.5) is 0 Å². The molecule has 188 valence electrons. The third-order valence-electron chi connectivity index (χ3n) is 6.75. The predicted molar refractivity (Wildman–Crippen MR) is 138 cm³/mol. The molecule has 9 nitrogen and oxygen atoms in total. The lowest BCUT2D eigenvalue weighted by atomic mass is 10.0. The van der Waals surface area contributed by atoms with Crippen LogP contribution in [-0.4, -0.2) is 36.8 Å². The number of aryl methyl sites for hydroxylation is 1. The molecule has 1 atom stereocenters. The van der Waals surface area contributed by atoms with Gasteiger partial charge in [0.25, 0.3) is 15.9 Å². The summed E-state index contributed by atoms with van der Waals surface area (Å²) in [6, 6.07) is 19.0. The fourth-order valence-corrected chi connectivity index (χ4v) is 6.45. The lowest BCUT2D eigenvalue weighted by Gasteiger charge is -2.11. The first kappa shape index (κ1) is 23.3. The summed E-state index contributed by atoms with van der Waals surface area (Å²) in [5.41, 5.74) is 9.81. The van der Waals surface area contributed by atoms with Crippen molar-refractivity contribution in [2.75, 3.05) is 14.2 Å². The second kappa shape index (κ2) is 8.75. The van der Waals surface area contributed by atoms with E-state index in [1.807, 2.05) is 6.07 Å². The predicted octanol–water partition coefficient (Wildman–Crippen LogP) is 4.56. The van der Waals surface area contributed by atoms with Gasteiger partial charge in [0.1, 0.15) is 5.69 Å². The normalized spacial score (nSPS) is 15.2. The molecule has 5 aromatic rings. The molecular weight excluding hydrogens is 492 g/mol. The molecule has 0 spiro atoms. The zero-order valence-electron chi connectivity index (χ0n) is 20.2. The average molecular weight is 517 g/mol. The highest BCUT2D eigenvalue weighted by Gasteiger charge is 2.30. The van der Waals surface area contributed by atoms with Gasteiger partial charge in [0.15, 0.2) is 11.5 Å². The monoisotopic (exact) mass is 516 g/mol. The van der Waals surface area contributed by atoms with E-state index in [9.17, 15) is 8.42 Å². The van der Waals surface area contributed by atoms with Crippen LogP contribution in [0.1, 0.15) is 23.6 Å². The van der Waals surface area contributed by atoms with Crippen molar-refractivity contribution in [2.24, 2.45) is 5.73 Å². The fraction of sp³-hybridized carbons (Fsp3) is 0.185. The van der Waals surface area contributed by atoms with Crippen molar-refractivity contribution in [1.82, 2.24) is 14.2 Å². The maximum atomic E-state index is 13.9. The molecule has 0 saturated heterocycles. The lowest BCUT2D eigenvalue weighted by Crippen LogP contribution is -2.14. The summed E-state index contributed by atoms with van der Waals surface area (Å²) in [7, 11) is -0.893. The third kappa shape index (κ3) is 3.68. The van der Waals surface area contributed by atoms with E-state index in [2.05, 4.69) is 10.2 Å². The molecule has 0 aliphatic heterocycles. The second-order valence-electron chi connectivity index (χ2n) is 8.81. The van der Waals surface area contributed by atoms with Crippen LogP contribution in [0.25, 0.3) is 33.9 Å². The van der Waals surface area contributed by atoms with Crippen LogP contribution in [0.5, 0.6) is 11.5 Å². The van der Waals surface area contributed by atoms with Crippen LogP contribution in [0, 0.1) is 0 Å². The molecule has 2 heterocycles. The largest absolute Gasteiger partial charge is 0.493 e. The quantitative estimate of drug-likeness (QED) is 0.349. The van der Waals surface area contributed by atoms with Crippen LogP contribution >= 0.6 is 0 Å². The maximum absolute atomic E-state index is 13.9. The number of rotatable bonds is 6. The van der Waals surface area contributed by atoms with Crippen LogP contribution in [-0.2, 0) is 16.4 Å². The molecule has 0 fully saturated rings. The Hall–Kier alpha value is -4.15. The van der Waals surface area contributed by atoms with E-state index < -0.39 is 10.0 Å². The first-order valence-corrected chi connectivity index (χ1v) is 13.2. The summed E-state index contributed by atoms with van der Waals surface area (Å²) in [5.74, 6) is 1.37. The smallest absolute Gasteiger partial charge is 0.268 e. The molecule has 10 heteroatoms. The average Bonchev–Trinajstić information content (AvgIpc) is 3.65. The SMILES string of the molecule is COc1ccc(-c2nnc(-c3cc4c5c(ccc4n3S(=O)(=O)c3ccccc3)C(N)CC5)o2)cc1OC. The van der Waals surface area contributed by atoms with Crippen LogP contribution in [0.2, 0.25) is 0 Å². The zero-order valence-corrected chi connectivity index (χ0v) is 21.0. The van der Waals surface area contributed by atoms with Gasteiger partial charge in [-0.05, 0) is 66.4 Å². The summed E-state index contributed by atoms with van der Waals surface area (Å²) < 4.78 is 45.8. The molecule has 2 aromatic heterocycles. The molecule has 0 radical (unpaired) electrons. The van der Waals surface area contributed by atoms with Crippen molar-refractivity contribution in [3.63, 3.8) is 0 Å². The van der Waals surface area contributed by atoms with Crippen LogP contribution in [0.3, 0.4) is 0 Å². The fourth-order valence-electron chi connectivity index (χ4n) is 4.93. The summed E-state index contributed by atoms with van der Waals surface area (Å²) in [5, 5.41) is 9.25. The summed E-state index contributed by atoms with van der Waals surface area (Å²) in [6.07, 6.45) is 1.58. The Balaban J connectivity index is 1.56. The Bertz CT molecular complexity index is 1740. The van der Waals surface area contributed by atoms with Crippen molar-refractivity contribution < 1.29 is 22.3 Å². The van der Waals surface area contributed by atoms with Gasteiger partial charge in [0.05, 0.1) is 24.6 Å². The molecule has 1 unspecified atom stereocenters. The van der Waals surface area contributed by atoms with E-state index in [-0.39, 0.29) is 28.4 Å². The number of nitrogens with zero attached hydrogens (tertiary/aromatic N) is 3. The molecule has 0 saturated carbocycles. The van der Waals surface area contributed by atoms with Gasteiger partial charge in [0, 0.05) is 17.0 Å².